The fraction of sp³-hybridized carbons (Fsp3) is 0.545. The first kappa shape index (κ1) is 27.0. The number of methoxy groups -OCH3 is 1. The first-order chi connectivity index (χ1) is 19.9. The maximum atomic E-state index is 14.8. The molecule has 1 saturated carbocycles. The van der Waals surface area contributed by atoms with Gasteiger partial charge in [0.25, 0.3) is 5.91 Å². The van der Waals surface area contributed by atoms with E-state index >= 15 is 0 Å². The molecule has 2 aromatic carbocycles. The van der Waals surface area contributed by atoms with Gasteiger partial charge in [0.2, 0.25) is 11.5 Å². The molecule has 3 aromatic rings. The Morgan fingerprint density at radius 3 is 2.66 bits per heavy atom. The molecule has 7 nitrogen and oxygen atoms in total. The lowest BCUT2D eigenvalue weighted by Crippen LogP contribution is -2.52. The minimum absolute atomic E-state index is 0.0249. The van der Waals surface area contributed by atoms with Gasteiger partial charge in [-0.15, -0.1) is 11.3 Å². The van der Waals surface area contributed by atoms with Gasteiger partial charge in [-0.2, -0.15) is 0 Å². The summed E-state index contributed by atoms with van der Waals surface area (Å²) in [5, 5.41) is 8.69. The smallest absolute Gasteiger partial charge is 0.254 e. The van der Waals surface area contributed by atoms with Crippen molar-refractivity contribution in [3.05, 3.63) is 52.9 Å². The fourth-order valence-corrected chi connectivity index (χ4v) is 8.83. The van der Waals surface area contributed by atoms with Gasteiger partial charge in [0.05, 0.1) is 13.7 Å². The Hall–Kier alpha value is -2.81. The summed E-state index contributed by atoms with van der Waals surface area (Å²) in [6.45, 7) is 7.55. The molecule has 3 aliphatic heterocycles. The van der Waals surface area contributed by atoms with Gasteiger partial charge in [0.15, 0.2) is 11.5 Å². The van der Waals surface area contributed by atoms with E-state index in [1.807, 2.05) is 26.0 Å². The summed E-state index contributed by atoms with van der Waals surface area (Å²) in [6, 6.07) is 14.8. The van der Waals surface area contributed by atoms with E-state index in [1.165, 1.54) is 27.8 Å². The van der Waals surface area contributed by atoms with Crippen molar-refractivity contribution in [3.63, 3.8) is 0 Å². The third kappa shape index (κ3) is 5.19. The van der Waals surface area contributed by atoms with Crippen molar-refractivity contribution in [1.82, 2.24) is 15.5 Å². The maximum Gasteiger partial charge on any atom is 0.254 e. The molecule has 2 bridgehead atoms. The van der Waals surface area contributed by atoms with Crippen LogP contribution in [0.2, 0.25) is 0 Å². The molecule has 3 fully saturated rings. The van der Waals surface area contributed by atoms with Crippen molar-refractivity contribution >= 4 is 27.3 Å². The largest absolute Gasteiger partial charge is 0.493 e. The number of piperidine rings is 1. The molecule has 0 radical (unpaired) electrons. The van der Waals surface area contributed by atoms with Crippen LogP contribution in [0.5, 0.6) is 17.2 Å². The van der Waals surface area contributed by atoms with E-state index < -0.39 is 5.79 Å². The van der Waals surface area contributed by atoms with E-state index in [0.29, 0.717) is 47.1 Å². The number of hydrogen-bond donors (Lipinski definition) is 2. The Bertz CT molecular complexity index is 1380. The minimum Gasteiger partial charge on any atom is -0.493 e. The fourth-order valence-electron chi connectivity index (χ4n) is 7.76. The molecule has 0 spiro atoms. The monoisotopic (exact) mass is 575 g/mol. The number of ether oxygens (including phenoxy) is 3. The Balaban J connectivity index is 1.28. The number of rotatable bonds is 8. The van der Waals surface area contributed by atoms with E-state index in [1.54, 1.807) is 18.4 Å². The summed E-state index contributed by atoms with van der Waals surface area (Å²) in [5.74, 6) is 2.92. The number of fused-ring (bicyclic) bond motifs is 4. The van der Waals surface area contributed by atoms with Crippen LogP contribution in [-0.4, -0.2) is 55.4 Å². The lowest BCUT2D eigenvalue weighted by molar-refractivity contribution is -0.0439. The molecule has 1 aliphatic carbocycles. The minimum atomic E-state index is -0.807. The summed E-state index contributed by atoms with van der Waals surface area (Å²) >= 11 is 1.79. The highest BCUT2D eigenvalue weighted by atomic mass is 32.1. The highest BCUT2D eigenvalue weighted by Gasteiger charge is 2.44. The van der Waals surface area contributed by atoms with Crippen LogP contribution >= 0.6 is 11.3 Å². The summed E-state index contributed by atoms with van der Waals surface area (Å²) in [5.41, 5.74) is 0.583. The van der Waals surface area contributed by atoms with Gasteiger partial charge in [0.1, 0.15) is 0 Å². The number of carbonyl (C=O) groups is 1. The van der Waals surface area contributed by atoms with E-state index in [9.17, 15) is 4.79 Å². The number of nitrogens with zero attached hydrogens (tertiary/aromatic N) is 1. The molecule has 1 amide bonds. The molecule has 4 heterocycles. The molecule has 2 N–H and O–H groups in total. The third-order valence-corrected chi connectivity index (χ3v) is 10.8. The second-order valence-corrected chi connectivity index (χ2v) is 13.9. The van der Waals surface area contributed by atoms with Crippen LogP contribution < -0.4 is 24.8 Å². The normalized spacial score (nSPS) is 26.8. The molecular weight excluding hydrogens is 534 g/mol. The summed E-state index contributed by atoms with van der Waals surface area (Å²) in [4.78, 5) is 18.1. The molecule has 4 atom stereocenters. The van der Waals surface area contributed by atoms with Crippen molar-refractivity contribution in [2.75, 3.05) is 26.7 Å². The number of carbonyl (C=O) groups excluding carboxylic acids is 1. The molecule has 218 valence electrons. The molecule has 1 aromatic heterocycles. The average Bonchev–Trinajstić information content (AvgIpc) is 3.73. The zero-order valence-electron chi connectivity index (χ0n) is 24.3. The highest BCUT2D eigenvalue weighted by molar-refractivity contribution is 7.19. The first-order valence-electron chi connectivity index (χ1n) is 15.2. The Kier molecular flexibility index (Phi) is 7.12. The van der Waals surface area contributed by atoms with Crippen molar-refractivity contribution in [1.29, 1.82) is 0 Å². The molecule has 7 rings (SSSR count). The highest BCUT2D eigenvalue weighted by Crippen LogP contribution is 2.48. The summed E-state index contributed by atoms with van der Waals surface area (Å²) in [6.07, 6.45) is 5.89. The van der Waals surface area contributed by atoms with Crippen molar-refractivity contribution in [3.8, 4) is 17.2 Å². The van der Waals surface area contributed by atoms with Crippen LogP contribution in [0.1, 0.15) is 61.2 Å². The van der Waals surface area contributed by atoms with Gasteiger partial charge in [-0.1, -0.05) is 18.2 Å². The average molecular weight is 576 g/mol. The molecule has 41 heavy (non-hydrogen) atoms. The number of benzene rings is 2. The summed E-state index contributed by atoms with van der Waals surface area (Å²) in [7, 11) is 1.62. The summed E-state index contributed by atoms with van der Waals surface area (Å²) < 4.78 is 19.1. The standard InChI is InChI=1S/C33H41N3O4S/c1-33(2)39-29-15-23(14-28(38-3)31(29)40-33)32(37)36(19-24-13-20-7-4-5-9-30(20)41-24)27(26-8-6-12-35-26)16-25-21-10-11-22(25)18-34-17-21/h4-5,7,9,13-15,21-22,25-27,34-35H,6,8,10-12,16-19H2,1-3H3/t21?,22?,25?,26-,27?/m0/s1. The second-order valence-electron chi connectivity index (χ2n) is 12.7. The topological polar surface area (TPSA) is 72.1 Å². The zero-order chi connectivity index (χ0) is 28.1. The quantitative estimate of drug-likeness (QED) is 0.353. The van der Waals surface area contributed by atoms with E-state index in [0.717, 1.165) is 38.9 Å². The van der Waals surface area contributed by atoms with Gasteiger partial charge in [-0.3, -0.25) is 4.79 Å². The molecule has 8 heteroatoms. The van der Waals surface area contributed by atoms with Crippen LogP contribution in [0, 0.1) is 17.8 Å². The van der Waals surface area contributed by atoms with E-state index in [4.69, 9.17) is 14.2 Å². The van der Waals surface area contributed by atoms with Crippen molar-refractivity contribution < 1.29 is 19.0 Å². The molecule has 2 saturated heterocycles. The zero-order valence-corrected chi connectivity index (χ0v) is 25.1. The Labute approximate surface area is 246 Å². The maximum absolute atomic E-state index is 14.8. The number of nitrogens with one attached hydrogen (secondary N) is 2. The number of thiophene rings is 1. The third-order valence-electron chi connectivity index (χ3n) is 9.66. The van der Waals surface area contributed by atoms with Crippen LogP contribution in [0.15, 0.2) is 42.5 Å². The predicted octanol–water partition coefficient (Wildman–Crippen LogP) is 5.82. The van der Waals surface area contributed by atoms with Gasteiger partial charge in [-0.25, -0.2) is 0 Å². The number of amides is 1. The van der Waals surface area contributed by atoms with Gasteiger partial charge in [0, 0.05) is 41.1 Å². The van der Waals surface area contributed by atoms with Crippen LogP contribution in [0.25, 0.3) is 10.1 Å². The second kappa shape index (κ2) is 10.8. The van der Waals surface area contributed by atoms with E-state index in [2.05, 4.69) is 45.9 Å². The Morgan fingerprint density at radius 2 is 1.93 bits per heavy atom. The molecule has 3 unspecified atom stereocenters. The van der Waals surface area contributed by atoms with Gasteiger partial charge < -0.3 is 29.7 Å². The van der Waals surface area contributed by atoms with Crippen molar-refractivity contribution in [2.24, 2.45) is 17.8 Å². The Morgan fingerprint density at radius 1 is 1.12 bits per heavy atom. The molecule has 4 aliphatic rings. The number of hydrogen-bond acceptors (Lipinski definition) is 7. The van der Waals surface area contributed by atoms with Crippen LogP contribution in [-0.2, 0) is 6.54 Å². The SMILES string of the molecule is COc1cc(C(=O)N(Cc2cc3ccccc3s2)C(CC2C3CCC2CNC3)[C@@H]2CCCN2)cc2c1OC(C)(C)O2. The molecular formula is C33H41N3O4S. The van der Waals surface area contributed by atoms with Crippen LogP contribution in [0.3, 0.4) is 0 Å². The van der Waals surface area contributed by atoms with Gasteiger partial charge in [-0.05, 0) is 99.1 Å². The van der Waals surface area contributed by atoms with E-state index in [-0.39, 0.29) is 18.0 Å². The van der Waals surface area contributed by atoms with Crippen molar-refractivity contribution in [2.45, 2.75) is 70.4 Å². The lowest BCUT2D eigenvalue weighted by Gasteiger charge is -2.41. The van der Waals surface area contributed by atoms with Crippen LogP contribution in [0.4, 0.5) is 0 Å². The first-order valence-corrected chi connectivity index (χ1v) is 16.0. The van der Waals surface area contributed by atoms with Gasteiger partial charge >= 0.3 is 0 Å². The lowest BCUT2D eigenvalue weighted by atomic mass is 9.79. The predicted molar refractivity (Wildman–Crippen MR) is 162 cm³/mol.